The van der Waals surface area contributed by atoms with Crippen LogP contribution in [0.1, 0.15) is 12.5 Å². The number of para-hydroxylation sites is 2. The topological polar surface area (TPSA) is 59.8 Å². The highest BCUT2D eigenvalue weighted by molar-refractivity contribution is 7.99. The highest BCUT2D eigenvalue weighted by Crippen LogP contribution is 2.16. The molecular weight excluding hydrogens is 308 g/mol. The average Bonchev–Trinajstić information content (AvgIpc) is 3.03. The Hall–Kier alpha value is -2.34. The van der Waals surface area contributed by atoms with Crippen molar-refractivity contribution in [3.05, 3.63) is 54.5 Å². The van der Waals surface area contributed by atoms with Crippen LogP contribution in [0.4, 0.5) is 0 Å². The maximum atomic E-state index is 11.8. The lowest BCUT2D eigenvalue weighted by atomic mass is 10.2. The SMILES string of the molecule is CS[C@H](C)C(=O)NCc1ccc(-n2cnc3ccccc32)nc1. The highest BCUT2D eigenvalue weighted by atomic mass is 32.2. The summed E-state index contributed by atoms with van der Waals surface area (Å²) in [5.41, 5.74) is 2.94. The van der Waals surface area contributed by atoms with Crippen LogP contribution in [0.3, 0.4) is 0 Å². The van der Waals surface area contributed by atoms with Crippen molar-refractivity contribution in [3.8, 4) is 5.82 Å². The van der Waals surface area contributed by atoms with Crippen molar-refractivity contribution in [2.45, 2.75) is 18.7 Å². The number of hydrogen-bond acceptors (Lipinski definition) is 4. The number of amides is 1. The lowest BCUT2D eigenvalue weighted by molar-refractivity contribution is -0.120. The van der Waals surface area contributed by atoms with Gasteiger partial charge in [0.2, 0.25) is 5.91 Å². The molecule has 1 aromatic carbocycles. The van der Waals surface area contributed by atoms with Crippen molar-refractivity contribution in [2.24, 2.45) is 0 Å². The Labute approximate surface area is 139 Å². The number of aromatic nitrogens is 3. The predicted octanol–water partition coefficient (Wildman–Crippen LogP) is 2.79. The number of carbonyl (C=O) groups excluding carboxylic acids is 1. The molecular formula is C17H18N4OS. The summed E-state index contributed by atoms with van der Waals surface area (Å²) in [5, 5.41) is 2.87. The fourth-order valence-electron chi connectivity index (χ4n) is 2.25. The van der Waals surface area contributed by atoms with Gasteiger partial charge in [-0.1, -0.05) is 18.2 Å². The Morgan fingerprint density at radius 1 is 1.26 bits per heavy atom. The molecule has 3 aromatic rings. The van der Waals surface area contributed by atoms with E-state index in [-0.39, 0.29) is 11.2 Å². The molecule has 118 valence electrons. The van der Waals surface area contributed by atoms with Gasteiger partial charge in [-0.15, -0.1) is 0 Å². The van der Waals surface area contributed by atoms with Gasteiger partial charge in [-0.25, -0.2) is 9.97 Å². The molecule has 0 aliphatic carbocycles. The van der Waals surface area contributed by atoms with Gasteiger partial charge in [0.15, 0.2) is 0 Å². The number of pyridine rings is 1. The summed E-state index contributed by atoms with van der Waals surface area (Å²) in [6, 6.07) is 11.9. The monoisotopic (exact) mass is 326 g/mol. The number of hydrogen-bond donors (Lipinski definition) is 1. The summed E-state index contributed by atoms with van der Waals surface area (Å²) in [7, 11) is 0. The molecule has 1 N–H and O–H groups in total. The molecule has 1 amide bonds. The molecule has 0 saturated heterocycles. The molecule has 0 spiro atoms. The van der Waals surface area contributed by atoms with Gasteiger partial charge in [0, 0.05) is 12.7 Å². The molecule has 0 radical (unpaired) electrons. The second-order valence-electron chi connectivity index (χ2n) is 5.22. The summed E-state index contributed by atoms with van der Waals surface area (Å²) in [5.74, 6) is 0.855. The van der Waals surface area contributed by atoms with Crippen LogP contribution < -0.4 is 5.32 Å². The lowest BCUT2D eigenvalue weighted by Gasteiger charge is -2.10. The van der Waals surface area contributed by atoms with Crippen molar-refractivity contribution in [1.82, 2.24) is 19.9 Å². The minimum Gasteiger partial charge on any atom is -0.351 e. The first-order valence-corrected chi connectivity index (χ1v) is 8.65. The smallest absolute Gasteiger partial charge is 0.233 e. The van der Waals surface area contributed by atoms with Gasteiger partial charge in [-0.3, -0.25) is 9.36 Å². The third-order valence-electron chi connectivity index (χ3n) is 3.70. The first kappa shape index (κ1) is 15.6. The second-order valence-corrected chi connectivity index (χ2v) is 6.40. The van der Waals surface area contributed by atoms with Gasteiger partial charge in [-0.2, -0.15) is 11.8 Å². The van der Waals surface area contributed by atoms with Crippen LogP contribution >= 0.6 is 11.8 Å². The molecule has 0 fully saturated rings. The number of benzene rings is 1. The molecule has 0 aliphatic heterocycles. The van der Waals surface area contributed by atoms with Crippen LogP contribution in [-0.4, -0.2) is 31.9 Å². The maximum Gasteiger partial charge on any atom is 0.233 e. The fraction of sp³-hybridized carbons (Fsp3) is 0.235. The van der Waals surface area contributed by atoms with Crippen LogP contribution in [0.2, 0.25) is 0 Å². The van der Waals surface area contributed by atoms with E-state index in [1.165, 1.54) is 11.8 Å². The molecule has 0 saturated carbocycles. The van der Waals surface area contributed by atoms with Crippen LogP contribution in [0.25, 0.3) is 16.9 Å². The molecule has 6 heteroatoms. The van der Waals surface area contributed by atoms with Crippen LogP contribution in [0.5, 0.6) is 0 Å². The molecule has 0 bridgehead atoms. The van der Waals surface area contributed by atoms with Gasteiger partial charge < -0.3 is 5.32 Å². The summed E-state index contributed by atoms with van der Waals surface area (Å²) < 4.78 is 1.95. The number of thioether (sulfide) groups is 1. The van der Waals surface area contributed by atoms with Gasteiger partial charge in [0.25, 0.3) is 0 Å². The Balaban J connectivity index is 1.73. The number of imidazole rings is 1. The van der Waals surface area contributed by atoms with E-state index in [1.807, 2.05) is 54.1 Å². The Kier molecular flexibility index (Phi) is 4.62. The van der Waals surface area contributed by atoms with E-state index < -0.39 is 0 Å². The fourth-order valence-corrected chi connectivity index (χ4v) is 2.54. The Bertz CT molecular complexity index is 813. The van der Waals surface area contributed by atoms with Crippen molar-refractivity contribution in [3.63, 3.8) is 0 Å². The molecule has 0 unspecified atom stereocenters. The van der Waals surface area contributed by atoms with E-state index in [1.54, 1.807) is 12.5 Å². The van der Waals surface area contributed by atoms with Crippen LogP contribution in [0.15, 0.2) is 48.9 Å². The highest BCUT2D eigenvalue weighted by Gasteiger charge is 2.10. The third-order valence-corrected chi connectivity index (χ3v) is 4.62. The zero-order chi connectivity index (χ0) is 16.2. The molecule has 2 aromatic heterocycles. The number of nitrogens with zero attached hydrogens (tertiary/aromatic N) is 3. The number of rotatable bonds is 5. The van der Waals surface area contributed by atoms with Gasteiger partial charge in [-0.05, 0) is 36.9 Å². The minimum atomic E-state index is -0.0421. The molecule has 0 aliphatic rings. The number of fused-ring (bicyclic) bond motifs is 1. The molecule has 2 heterocycles. The van der Waals surface area contributed by atoms with E-state index >= 15 is 0 Å². The second kappa shape index (κ2) is 6.83. The van der Waals surface area contributed by atoms with Crippen LogP contribution in [-0.2, 0) is 11.3 Å². The first-order chi connectivity index (χ1) is 11.2. The van der Waals surface area contributed by atoms with E-state index in [0.717, 1.165) is 22.4 Å². The Morgan fingerprint density at radius 2 is 2.09 bits per heavy atom. The van der Waals surface area contributed by atoms with Crippen molar-refractivity contribution in [2.75, 3.05) is 6.26 Å². The van der Waals surface area contributed by atoms with Crippen molar-refractivity contribution >= 4 is 28.7 Å². The largest absolute Gasteiger partial charge is 0.351 e. The quantitative estimate of drug-likeness (QED) is 0.783. The summed E-state index contributed by atoms with van der Waals surface area (Å²) in [6.45, 7) is 2.38. The number of carbonyl (C=O) groups is 1. The summed E-state index contributed by atoms with van der Waals surface area (Å²) in [6.07, 6.45) is 5.48. The zero-order valence-electron chi connectivity index (χ0n) is 13.1. The van der Waals surface area contributed by atoms with E-state index in [2.05, 4.69) is 15.3 Å². The van der Waals surface area contributed by atoms with E-state index in [4.69, 9.17) is 0 Å². The van der Waals surface area contributed by atoms with Crippen molar-refractivity contribution in [1.29, 1.82) is 0 Å². The summed E-state index contributed by atoms with van der Waals surface area (Å²) >= 11 is 1.53. The van der Waals surface area contributed by atoms with Crippen molar-refractivity contribution < 1.29 is 4.79 Å². The van der Waals surface area contributed by atoms with Crippen LogP contribution in [0, 0.1) is 0 Å². The van der Waals surface area contributed by atoms with Gasteiger partial charge in [0.1, 0.15) is 12.1 Å². The zero-order valence-corrected chi connectivity index (χ0v) is 13.9. The standard InChI is InChI=1S/C17H18N4OS/c1-12(23-2)17(22)19-10-13-7-8-16(18-9-13)21-11-20-14-5-3-4-6-15(14)21/h3-9,11-12H,10H2,1-2H3,(H,19,22)/t12-/m1/s1. The predicted molar refractivity (Wildman–Crippen MR) is 93.7 cm³/mol. The van der Waals surface area contributed by atoms with E-state index in [9.17, 15) is 4.79 Å². The third kappa shape index (κ3) is 3.37. The minimum absolute atomic E-state index is 0.0421. The summed E-state index contributed by atoms with van der Waals surface area (Å²) in [4.78, 5) is 20.6. The molecule has 5 nitrogen and oxygen atoms in total. The maximum absolute atomic E-state index is 11.8. The Morgan fingerprint density at radius 3 is 2.83 bits per heavy atom. The lowest BCUT2D eigenvalue weighted by Crippen LogP contribution is -2.30. The normalized spacial score (nSPS) is 12.3. The first-order valence-electron chi connectivity index (χ1n) is 7.37. The molecule has 23 heavy (non-hydrogen) atoms. The van der Waals surface area contributed by atoms with E-state index in [0.29, 0.717) is 6.54 Å². The average molecular weight is 326 g/mol. The van der Waals surface area contributed by atoms with Gasteiger partial charge in [0.05, 0.1) is 16.3 Å². The molecule has 1 atom stereocenters. The van der Waals surface area contributed by atoms with Gasteiger partial charge >= 0.3 is 0 Å². The molecule has 3 rings (SSSR count). The number of nitrogens with one attached hydrogen (secondary N) is 1.